The first-order valence-electron chi connectivity index (χ1n) is 13.9. The Labute approximate surface area is 245 Å². The molecule has 0 spiro atoms. The summed E-state index contributed by atoms with van der Waals surface area (Å²) in [6.45, 7) is -0.0000388. The van der Waals surface area contributed by atoms with Crippen molar-refractivity contribution in [1.82, 2.24) is 5.32 Å². The number of hydrogen-bond donors (Lipinski definition) is 2. The first-order chi connectivity index (χ1) is 20.4. The smallest absolute Gasteiger partial charge is 0.337 e. The molecule has 10 heteroatoms. The highest BCUT2D eigenvalue weighted by molar-refractivity contribution is 6.00. The fourth-order valence-corrected chi connectivity index (χ4v) is 4.89. The highest BCUT2D eigenvalue weighted by Crippen LogP contribution is 2.32. The summed E-state index contributed by atoms with van der Waals surface area (Å²) in [6, 6.07) is 22.1. The number of amides is 4. The molecule has 3 aromatic rings. The average Bonchev–Trinajstić information content (AvgIpc) is 3.54. The number of hydrogen-bond acceptors (Lipinski definition) is 6. The van der Waals surface area contributed by atoms with Crippen LogP contribution in [0.25, 0.3) is 0 Å². The van der Waals surface area contributed by atoms with Crippen molar-refractivity contribution >= 4 is 40.9 Å². The maximum absolute atomic E-state index is 13.5. The summed E-state index contributed by atoms with van der Waals surface area (Å²) in [5, 5.41) is 5.25. The Balaban J connectivity index is 1.43. The number of benzene rings is 3. The Morgan fingerprint density at radius 2 is 1.60 bits per heavy atom. The third-order valence-corrected chi connectivity index (χ3v) is 7.18. The van der Waals surface area contributed by atoms with Crippen molar-refractivity contribution in [3.8, 4) is 5.75 Å². The molecular formula is C32H36N4O6. The molecule has 4 rings (SSSR count). The number of carbonyl (C=O) groups is 4. The van der Waals surface area contributed by atoms with E-state index in [1.165, 1.54) is 18.1 Å². The zero-order valence-corrected chi connectivity index (χ0v) is 23.9. The van der Waals surface area contributed by atoms with Gasteiger partial charge in [-0.15, -0.1) is 0 Å². The predicted octanol–water partition coefficient (Wildman–Crippen LogP) is 4.86. The van der Waals surface area contributed by atoms with E-state index >= 15 is 0 Å². The molecule has 1 aliphatic rings. The van der Waals surface area contributed by atoms with Gasteiger partial charge in [-0.2, -0.15) is 0 Å². The number of rotatable bonds is 11. The summed E-state index contributed by atoms with van der Waals surface area (Å²) >= 11 is 0. The lowest BCUT2D eigenvalue weighted by molar-refractivity contribution is -0.120. The minimum Gasteiger partial charge on any atom is -0.482 e. The van der Waals surface area contributed by atoms with Crippen LogP contribution in [0.15, 0.2) is 78.9 Å². The van der Waals surface area contributed by atoms with Crippen molar-refractivity contribution in [3.05, 3.63) is 84.4 Å². The molecule has 0 aromatic heterocycles. The number of carbonyl (C=O) groups excluding carboxylic acids is 4. The second-order valence-electron chi connectivity index (χ2n) is 10.1. The van der Waals surface area contributed by atoms with E-state index in [2.05, 4.69) is 10.6 Å². The number of likely N-dealkylation sites (N-methyl/N-ethyl adjacent to an activating group) is 1. The predicted molar refractivity (Wildman–Crippen MR) is 161 cm³/mol. The molecule has 0 saturated heterocycles. The zero-order chi connectivity index (χ0) is 29.9. The van der Waals surface area contributed by atoms with E-state index in [9.17, 15) is 19.2 Å². The van der Waals surface area contributed by atoms with Crippen LogP contribution in [-0.2, 0) is 14.3 Å². The van der Waals surface area contributed by atoms with Crippen LogP contribution in [0.3, 0.4) is 0 Å². The van der Waals surface area contributed by atoms with Gasteiger partial charge in [0.2, 0.25) is 5.91 Å². The summed E-state index contributed by atoms with van der Waals surface area (Å²) in [6.07, 6.45) is 4.24. The van der Waals surface area contributed by atoms with E-state index in [0.717, 1.165) is 31.4 Å². The van der Waals surface area contributed by atoms with Gasteiger partial charge in [0.15, 0.2) is 6.61 Å². The lowest BCUT2D eigenvalue weighted by Gasteiger charge is -2.28. The zero-order valence-electron chi connectivity index (χ0n) is 23.9. The topological polar surface area (TPSA) is 117 Å². The average molecular weight is 573 g/mol. The maximum atomic E-state index is 13.5. The highest BCUT2D eigenvalue weighted by Gasteiger charge is 2.26. The number of esters is 1. The number of para-hydroxylation sites is 3. The third kappa shape index (κ3) is 8.09. The van der Waals surface area contributed by atoms with Crippen molar-refractivity contribution in [1.29, 1.82) is 0 Å². The third-order valence-electron chi connectivity index (χ3n) is 7.18. The summed E-state index contributed by atoms with van der Waals surface area (Å²) < 4.78 is 10.7. The Kier molecular flexibility index (Phi) is 10.5. The van der Waals surface area contributed by atoms with Gasteiger partial charge < -0.3 is 29.9 Å². The largest absolute Gasteiger partial charge is 0.482 e. The van der Waals surface area contributed by atoms with Gasteiger partial charge in [0, 0.05) is 25.0 Å². The number of methoxy groups -OCH3 is 1. The molecule has 2 N–H and O–H groups in total. The van der Waals surface area contributed by atoms with E-state index in [-0.39, 0.29) is 25.0 Å². The first-order valence-corrected chi connectivity index (χ1v) is 13.9. The lowest BCUT2D eigenvalue weighted by atomic mass is 10.1. The first kappa shape index (κ1) is 30.1. The molecule has 0 heterocycles. The second-order valence-corrected chi connectivity index (χ2v) is 10.1. The molecule has 4 amide bonds. The number of urea groups is 1. The number of anilines is 3. The summed E-state index contributed by atoms with van der Waals surface area (Å²) in [4.78, 5) is 54.0. The van der Waals surface area contributed by atoms with Gasteiger partial charge in [0.05, 0.1) is 24.9 Å². The molecule has 10 nitrogen and oxygen atoms in total. The monoisotopic (exact) mass is 572 g/mol. The Bertz CT molecular complexity index is 1390. The Morgan fingerprint density at radius 3 is 2.33 bits per heavy atom. The molecule has 0 radical (unpaired) electrons. The van der Waals surface area contributed by atoms with Gasteiger partial charge in [-0.1, -0.05) is 49.2 Å². The molecule has 0 aliphatic heterocycles. The molecule has 3 aromatic carbocycles. The number of nitrogens with one attached hydrogen (secondary N) is 2. The second kappa shape index (κ2) is 14.7. The SMILES string of the molecule is COC(=O)c1cccc(NC(=O)NCC(=O)N(CC2CCCC2)c2ccccc2OCC(=O)N(C)c2ccccc2)c1. The van der Waals surface area contributed by atoms with Crippen molar-refractivity contribution in [3.63, 3.8) is 0 Å². The van der Waals surface area contributed by atoms with E-state index in [1.54, 1.807) is 48.3 Å². The van der Waals surface area contributed by atoms with Crippen molar-refractivity contribution in [2.75, 3.05) is 49.0 Å². The van der Waals surface area contributed by atoms with Crippen molar-refractivity contribution in [2.24, 2.45) is 5.92 Å². The molecule has 0 atom stereocenters. The molecule has 42 heavy (non-hydrogen) atoms. The van der Waals surface area contributed by atoms with Crippen LogP contribution in [0.4, 0.5) is 21.9 Å². The van der Waals surface area contributed by atoms with Crippen LogP contribution in [0.1, 0.15) is 36.0 Å². The minimum atomic E-state index is -0.592. The summed E-state index contributed by atoms with van der Waals surface area (Å²) in [5.41, 5.74) is 1.96. The van der Waals surface area contributed by atoms with E-state index in [0.29, 0.717) is 35.2 Å². The van der Waals surface area contributed by atoms with Crippen LogP contribution >= 0.6 is 0 Å². The van der Waals surface area contributed by atoms with Gasteiger partial charge in [0.25, 0.3) is 5.91 Å². The quantitative estimate of drug-likeness (QED) is 0.317. The number of nitrogens with zero attached hydrogens (tertiary/aromatic N) is 2. The van der Waals surface area contributed by atoms with Crippen LogP contribution in [0.5, 0.6) is 5.75 Å². The molecule has 1 fully saturated rings. The van der Waals surface area contributed by atoms with Crippen LogP contribution in [0.2, 0.25) is 0 Å². The van der Waals surface area contributed by atoms with Crippen LogP contribution < -0.4 is 25.2 Å². The Hall–Kier alpha value is -4.86. The van der Waals surface area contributed by atoms with Crippen molar-refractivity contribution < 1.29 is 28.7 Å². The lowest BCUT2D eigenvalue weighted by Crippen LogP contribution is -2.43. The van der Waals surface area contributed by atoms with E-state index in [1.807, 2.05) is 36.4 Å². The van der Waals surface area contributed by atoms with Gasteiger partial charge in [-0.25, -0.2) is 9.59 Å². The van der Waals surface area contributed by atoms with Gasteiger partial charge >= 0.3 is 12.0 Å². The van der Waals surface area contributed by atoms with Gasteiger partial charge in [0.1, 0.15) is 5.75 Å². The van der Waals surface area contributed by atoms with E-state index in [4.69, 9.17) is 9.47 Å². The molecule has 1 saturated carbocycles. The normalized spacial score (nSPS) is 12.7. The van der Waals surface area contributed by atoms with Crippen molar-refractivity contribution in [2.45, 2.75) is 25.7 Å². The van der Waals surface area contributed by atoms with Gasteiger partial charge in [-0.05, 0) is 61.2 Å². The molecule has 0 bridgehead atoms. The highest BCUT2D eigenvalue weighted by atomic mass is 16.5. The fraction of sp³-hybridized carbons (Fsp3) is 0.312. The number of ether oxygens (including phenoxy) is 2. The van der Waals surface area contributed by atoms with E-state index < -0.39 is 12.0 Å². The standard InChI is InChI=1S/C32H36N4O6/c1-35(26-15-4-3-5-16-26)30(38)22-42-28-18-9-8-17-27(28)36(21-23-11-6-7-12-23)29(37)20-33-32(40)34-25-14-10-13-24(19-25)31(39)41-2/h3-5,8-10,13-19,23H,6-7,11-12,20-22H2,1-2H3,(H2,33,34,40). The van der Waals surface area contributed by atoms with Gasteiger partial charge in [-0.3, -0.25) is 9.59 Å². The molecule has 220 valence electrons. The molecular weight excluding hydrogens is 536 g/mol. The molecule has 0 unspecified atom stereocenters. The Morgan fingerprint density at radius 1 is 0.881 bits per heavy atom. The summed E-state index contributed by atoms with van der Waals surface area (Å²) in [5.74, 6) is -0.347. The van der Waals surface area contributed by atoms with Crippen LogP contribution in [-0.4, -0.2) is 57.7 Å². The fourth-order valence-electron chi connectivity index (χ4n) is 4.89. The maximum Gasteiger partial charge on any atom is 0.337 e. The minimum absolute atomic E-state index is 0.209. The van der Waals surface area contributed by atoms with Crippen LogP contribution in [0, 0.1) is 5.92 Å². The summed E-state index contributed by atoms with van der Waals surface area (Å²) in [7, 11) is 2.97. The molecule has 1 aliphatic carbocycles.